The van der Waals surface area contributed by atoms with Crippen molar-refractivity contribution < 1.29 is 0 Å². The van der Waals surface area contributed by atoms with Crippen LogP contribution in [0.3, 0.4) is 0 Å². The highest BCUT2D eigenvalue weighted by Gasteiger charge is 2.39. The van der Waals surface area contributed by atoms with Crippen LogP contribution in [0.4, 0.5) is 0 Å². The molecule has 18 heavy (non-hydrogen) atoms. The maximum Gasteiger partial charge on any atom is -0.00788 e. The van der Waals surface area contributed by atoms with E-state index in [-0.39, 0.29) is 0 Å². The molecule has 0 aromatic heterocycles. The molecule has 2 unspecified atom stereocenters. The molecule has 0 heterocycles. The lowest BCUT2D eigenvalue weighted by Gasteiger charge is -2.33. The van der Waals surface area contributed by atoms with Crippen LogP contribution in [0.2, 0.25) is 0 Å². The fourth-order valence-corrected chi connectivity index (χ4v) is 4.11. The van der Waals surface area contributed by atoms with Gasteiger partial charge in [-0.3, -0.25) is 0 Å². The molecule has 1 aliphatic carbocycles. The Morgan fingerprint density at radius 3 is 1.83 bits per heavy atom. The molecule has 0 saturated heterocycles. The Balaban J connectivity index is 2.74. The van der Waals surface area contributed by atoms with E-state index in [2.05, 4.69) is 55.4 Å². The lowest BCUT2D eigenvalue weighted by atomic mass is 9.71. The van der Waals surface area contributed by atoms with Gasteiger partial charge in [-0.25, -0.2) is 0 Å². The van der Waals surface area contributed by atoms with Gasteiger partial charge in [0.1, 0.15) is 0 Å². The van der Waals surface area contributed by atoms with Crippen LogP contribution in [0, 0.1) is 39.0 Å². The van der Waals surface area contributed by atoms with Crippen molar-refractivity contribution in [1.82, 2.24) is 0 Å². The second-order valence-electron chi connectivity index (χ2n) is 7.42. The van der Waals surface area contributed by atoms with Crippen LogP contribution in [-0.4, -0.2) is 0 Å². The fraction of sp³-hybridized carbons (Fsp3) is 0.667. The molecule has 1 aromatic rings. The van der Waals surface area contributed by atoms with E-state index in [0.717, 1.165) is 5.92 Å². The predicted octanol–water partition coefficient (Wildman–Crippen LogP) is 5.24. The summed E-state index contributed by atoms with van der Waals surface area (Å²) in [6.07, 6.45) is 1.27. The molecule has 0 radical (unpaired) electrons. The van der Waals surface area contributed by atoms with Crippen molar-refractivity contribution in [2.75, 3.05) is 0 Å². The van der Waals surface area contributed by atoms with E-state index in [0.29, 0.717) is 11.3 Å². The average Bonchev–Trinajstić information content (AvgIpc) is 2.61. The Labute approximate surface area is 113 Å². The van der Waals surface area contributed by atoms with Gasteiger partial charge in [0, 0.05) is 0 Å². The summed E-state index contributed by atoms with van der Waals surface area (Å²) in [6.45, 7) is 18.8. The Hall–Kier alpha value is -0.780. The Kier molecular flexibility index (Phi) is 3.12. The molecule has 0 fully saturated rings. The third-order valence-corrected chi connectivity index (χ3v) is 5.21. The van der Waals surface area contributed by atoms with Crippen molar-refractivity contribution in [3.8, 4) is 0 Å². The summed E-state index contributed by atoms with van der Waals surface area (Å²) >= 11 is 0. The van der Waals surface area contributed by atoms with Gasteiger partial charge in [0.25, 0.3) is 0 Å². The second kappa shape index (κ2) is 4.11. The molecule has 0 N–H and O–H groups in total. The molecule has 0 saturated carbocycles. The molecule has 2 rings (SSSR count). The minimum atomic E-state index is 0.365. The van der Waals surface area contributed by atoms with Gasteiger partial charge in [-0.1, -0.05) is 27.7 Å². The molecule has 0 amide bonds. The van der Waals surface area contributed by atoms with Crippen LogP contribution in [-0.2, 0) is 6.42 Å². The summed E-state index contributed by atoms with van der Waals surface area (Å²) in [5.74, 6) is 1.49. The number of fused-ring (bicyclic) bond motifs is 1. The van der Waals surface area contributed by atoms with E-state index in [4.69, 9.17) is 0 Å². The van der Waals surface area contributed by atoms with Crippen molar-refractivity contribution >= 4 is 0 Å². The third kappa shape index (κ3) is 1.81. The van der Waals surface area contributed by atoms with Gasteiger partial charge >= 0.3 is 0 Å². The molecular weight excluding hydrogens is 216 g/mol. The molecule has 2 atom stereocenters. The van der Waals surface area contributed by atoms with Crippen LogP contribution < -0.4 is 0 Å². The van der Waals surface area contributed by atoms with Crippen molar-refractivity contribution in [2.24, 2.45) is 11.3 Å². The molecular formula is C18H28. The molecule has 0 heteroatoms. The molecule has 0 spiro atoms. The zero-order chi connectivity index (χ0) is 13.8. The fourth-order valence-electron chi connectivity index (χ4n) is 4.11. The maximum atomic E-state index is 2.43. The first-order valence-electron chi connectivity index (χ1n) is 7.25. The molecule has 0 nitrogen and oxygen atoms in total. The van der Waals surface area contributed by atoms with Gasteiger partial charge in [-0.2, -0.15) is 0 Å². The van der Waals surface area contributed by atoms with E-state index >= 15 is 0 Å². The van der Waals surface area contributed by atoms with Gasteiger partial charge in [0.05, 0.1) is 0 Å². The van der Waals surface area contributed by atoms with E-state index in [1.165, 1.54) is 17.5 Å². The van der Waals surface area contributed by atoms with Crippen LogP contribution in [0.1, 0.15) is 67.0 Å². The largest absolute Gasteiger partial charge is 0.0616 e. The van der Waals surface area contributed by atoms with Crippen LogP contribution in [0.25, 0.3) is 0 Å². The highest BCUT2D eigenvalue weighted by molar-refractivity contribution is 5.54. The van der Waals surface area contributed by atoms with Crippen LogP contribution in [0.5, 0.6) is 0 Å². The lowest BCUT2D eigenvalue weighted by Crippen LogP contribution is -2.22. The monoisotopic (exact) mass is 244 g/mol. The van der Waals surface area contributed by atoms with Crippen molar-refractivity contribution in [3.63, 3.8) is 0 Å². The van der Waals surface area contributed by atoms with E-state index in [9.17, 15) is 0 Å². The summed E-state index contributed by atoms with van der Waals surface area (Å²) in [7, 11) is 0. The molecule has 0 aliphatic heterocycles. The first-order valence-corrected chi connectivity index (χ1v) is 7.25. The lowest BCUT2D eigenvalue weighted by molar-refractivity contribution is 0.263. The summed E-state index contributed by atoms with van der Waals surface area (Å²) in [4.78, 5) is 0. The smallest absolute Gasteiger partial charge is 0.00788 e. The Morgan fingerprint density at radius 1 is 0.833 bits per heavy atom. The van der Waals surface area contributed by atoms with Crippen LogP contribution >= 0.6 is 0 Å². The quantitative estimate of drug-likeness (QED) is 0.585. The summed E-state index contributed by atoms with van der Waals surface area (Å²) < 4.78 is 0. The van der Waals surface area contributed by atoms with Gasteiger partial charge < -0.3 is 0 Å². The van der Waals surface area contributed by atoms with Gasteiger partial charge in [0.15, 0.2) is 0 Å². The third-order valence-electron chi connectivity index (χ3n) is 5.21. The minimum Gasteiger partial charge on any atom is -0.0616 e. The molecule has 0 bridgehead atoms. The second-order valence-corrected chi connectivity index (χ2v) is 7.42. The maximum absolute atomic E-state index is 2.43. The minimum absolute atomic E-state index is 0.365. The average molecular weight is 244 g/mol. The van der Waals surface area contributed by atoms with Crippen LogP contribution in [0.15, 0.2) is 0 Å². The van der Waals surface area contributed by atoms with Gasteiger partial charge in [-0.05, 0) is 84.7 Å². The van der Waals surface area contributed by atoms with Crippen molar-refractivity contribution in [2.45, 2.75) is 67.7 Å². The predicted molar refractivity (Wildman–Crippen MR) is 80.5 cm³/mol. The Bertz CT molecular complexity index is 486. The van der Waals surface area contributed by atoms with Gasteiger partial charge in [0.2, 0.25) is 0 Å². The Morgan fingerprint density at radius 2 is 1.33 bits per heavy atom. The SMILES string of the molecule is Cc1c(C)c(C)c2c(c1C)CC(C)C2C(C)(C)C. The zero-order valence-electron chi connectivity index (χ0n) is 13.4. The van der Waals surface area contributed by atoms with Gasteiger partial charge in [-0.15, -0.1) is 0 Å². The summed E-state index contributed by atoms with van der Waals surface area (Å²) in [5.41, 5.74) is 9.81. The highest BCUT2D eigenvalue weighted by Crippen LogP contribution is 2.51. The number of hydrogen-bond donors (Lipinski definition) is 0. The van der Waals surface area contributed by atoms with Crippen molar-refractivity contribution in [3.05, 3.63) is 33.4 Å². The van der Waals surface area contributed by atoms with E-state index in [1.54, 1.807) is 22.3 Å². The van der Waals surface area contributed by atoms with Crippen molar-refractivity contribution in [1.29, 1.82) is 0 Å². The standard InChI is InChI=1S/C18H28/c1-10-9-15-13(4)11(2)12(3)14(5)16(15)17(10)18(6,7)8/h10,17H,9H2,1-8H3. The topological polar surface area (TPSA) is 0 Å². The first kappa shape index (κ1) is 13.6. The number of hydrogen-bond acceptors (Lipinski definition) is 0. The number of benzene rings is 1. The zero-order valence-corrected chi connectivity index (χ0v) is 13.4. The molecule has 100 valence electrons. The van der Waals surface area contributed by atoms with E-state index in [1.807, 2.05) is 0 Å². The van der Waals surface area contributed by atoms with E-state index < -0.39 is 0 Å². The number of rotatable bonds is 0. The molecule has 1 aliphatic rings. The first-order chi connectivity index (χ1) is 8.16. The molecule has 1 aromatic carbocycles. The summed E-state index contributed by atoms with van der Waals surface area (Å²) in [5, 5.41) is 0. The highest BCUT2D eigenvalue weighted by atomic mass is 14.4. The normalized spacial score (nSPS) is 23.3. The summed E-state index contributed by atoms with van der Waals surface area (Å²) in [6, 6.07) is 0.